The van der Waals surface area contributed by atoms with Crippen molar-refractivity contribution in [2.45, 2.75) is 27.7 Å². The summed E-state index contributed by atoms with van der Waals surface area (Å²) >= 11 is 0. The Morgan fingerprint density at radius 2 is 1.69 bits per heavy atom. The largest absolute Gasteiger partial charge is 0.356 e. The molecule has 0 heterocycles. The standard InChI is InChI=1S/C9H19O3P/c1-6-11-13(10,12-7-2)9(5)8(3)4/h8H,5-7H2,1-4H3. The first-order chi connectivity index (χ1) is 5.98. The Morgan fingerprint density at radius 1 is 1.31 bits per heavy atom. The van der Waals surface area contributed by atoms with E-state index in [4.69, 9.17) is 9.05 Å². The van der Waals surface area contributed by atoms with Gasteiger partial charge in [0.05, 0.1) is 13.2 Å². The lowest BCUT2D eigenvalue weighted by molar-refractivity contribution is 0.224. The van der Waals surface area contributed by atoms with Crippen LogP contribution in [0.2, 0.25) is 0 Å². The Kier molecular flexibility index (Phi) is 5.54. The van der Waals surface area contributed by atoms with Crippen molar-refractivity contribution in [1.82, 2.24) is 0 Å². The maximum Gasteiger partial charge on any atom is 0.356 e. The highest BCUT2D eigenvalue weighted by molar-refractivity contribution is 7.58. The minimum Gasteiger partial charge on any atom is -0.306 e. The van der Waals surface area contributed by atoms with Crippen LogP contribution in [0, 0.1) is 5.92 Å². The predicted octanol–water partition coefficient (Wildman–Crippen LogP) is 3.42. The maximum atomic E-state index is 12.0. The van der Waals surface area contributed by atoms with Crippen LogP contribution in [0.25, 0.3) is 0 Å². The second-order valence-corrected chi connectivity index (χ2v) is 5.06. The van der Waals surface area contributed by atoms with Crippen molar-refractivity contribution in [3.8, 4) is 0 Å². The third kappa shape index (κ3) is 3.63. The molecule has 0 rings (SSSR count). The fourth-order valence-corrected chi connectivity index (χ4v) is 2.58. The molecule has 0 atom stereocenters. The van der Waals surface area contributed by atoms with Gasteiger partial charge in [0.1, 0.15) is 0 Å². The minimum atomic E-state index is -3.06. The van der Waals surface area contributed by atoms with E-state index >= 15 is 0 Å². The summed E-state index contributed by atoms with van der Waals surface area (Å²) in [5.74, 6) is 0.115. The summed E-state index contributed by atoms with van der Waals surface area (Å²) in [5.41, 5.74) is 0. The topological polar surface area (TPSA) is 35.5 Å². The first-order valence-corrected chi connectivity index (χ1v) is 6.10. The molecule has 78 valence electrons. The summed E-state index contributed by atoms with van der Waals surface area (Å²) in [6.07, 6.45) is 0. The van der Waals surface area contributed by atoms with E-state index in [0.717, 1.165) is 0 Å². The van der Waals surface area contributed by atoms with Gasteiger partial charge in [0, 0.05) is 5.31 Å². The van der Waals surface area contributed by atoms with Crippen LogP contribution in [0.3, 0.4) is 0 Å². The van der Waals surface area contributed by atoms with Gasteiger partial charge < -0.3 is 9.05 Å². The van der Waals surface area contributed by atoms with Crippen LogP contribution in [0.15, 0.2) is 11.9 Å². The molecule has 0 aromatic rings. The van der Waals surface area contributed by atoms with E-state index in [2.05, 4.69) is 6.58 Å². The van der Waals surface area contributed by atoms with Crippen molar-refractivity contribution in [1.29, 1.82) is 0 Å². The molecule has 0 aromatic carbocycles. The second kappa shape index (κ2) is 5.58. The first kappa shape index (κ1) is 12.9. The Labute approximate surface area is 80.7 Å². The first-order valence-electron chi connectivity index (χ1n) is 4.56. The fourth-order valence-electron chi connectivity index (χ4n) is 0.859. The monoisotopic (exact) mass is 206 g/mol. The molecule has 0 bridgehead atoms. The molecule has 13 heavy (non-hydrogen) atoms. The summed E-state index contributed by atoms with van der Waals surface area (Å²) in [6, 6.07) is 0. The van der Waals surface area contributed by atoms with E-state index in [1.807, 2.05) is 13.8 Å². The molecule has 0 amide bonds. The van der Waals surface area contributed by atoms with Crippen LogP contribution in [-0.2, 0) is 13.6 Å². The number of hydrogen-bond donors (Lipinski definition) is 0. The number of rotatable bonds is 6. The Balaban J connectivity index is 4.58. The second-order valence-electron chi connectivity index (χ2n) is 2.98. The van der Waals surface area contributed by atoms with Gasteiger partial charge in [-0.2, -0.15) is 0 Å². The lowest BCUT2D eigenvalue weighted by Gasteiger charge is -2.21. The van der Waals surface area contributed by atoms with Gasteiger partial charge >= 0.3 is 7.60 Å². The summed E-state index contributed by atoms with van der Waals surface area (Å²) in [5, 5.41) is 0.552. The molecular weight excluding hydrogens is 187 g/mol. The summed E-state index contributed by atoms with van der Waals surface area (Å²) in [6.45, 7) is 11.9. The quantitative estimate of drug-likeness (QED) is 0.624. The molecule has 0 aliphatic heterocycles. The van der Waals surface area contributed by atoms with Gasteiger partial charge in [0.2, 0.25) is 0 Å². The normalized spacial score (nSPS) is 12.1. The van der Waals surface area contributed by atoms with Crippen LogP contribution < -0.4 is 0 Å². The zero-order valence-electron chi connectivity index (χ0n) is 8.87. The van der Waals surface area contributed by atoms with Gasteiger partial charge in [-0.15, -0.1) is 0 Å². The molecule has 0 saturated carbocycles. The molecule has 0 N–H and O–H groups in total. The highest BCUT2D eigenvalue weighted by Crippen LogP contribution is 2.57. The van der Waals surface area contributed by atoms with Gasteiger partial charge in [0.25, 0.3) is 0 Å². The average Bonchev–Trinajstić information content (AvgIpc) is 2.03. The lowest BCUT2D eigenvalue weighted by atomic mass is 10.2. The van der Waals surface area contributed by atoms with E-state index in [0.29, 0.717) is 18.5 Å². The zero-order chi connectivity index (χ0) is 10.5. The van der Waals surface area contributed by atoms with Crippen molar-refractivity contribution in [3.63, 3.8) is 0 Å². The Morgan fingerprint density at radius 3 is 1.92 bits per heavy atom. The summed E-state index contributed by atoms with van der Waals surface area (Å²) < 4.78 is 22.3. The molecule has 0 fully saturated rings. The van der Waals surface area contributed by atoms with Gasteiger partial charge in [-0.1, -0.05) is 20.4 Å². The molecule has 0 aliphatic rings. The highest BCUT2D eigenvalue weighted by Gasteiger charge is 2.29. The molecule has 3 nitrogen and oxygen atoms in total. The molecular formula is C9H19O3P. The van der Waals surface area contributed by atoms with Crippen LogP contribution in [0.4, 0.5) is 0 Å². The Hall–Kier alpha value is -0.110. The van der Waals surface area contributed by atoms with Gasteiger partial charge in [0.15, 0.2) is 0 Å². The highest BCUT2D eigenvalue weighted by atomic mass is 31.2. The molecule has 4 heteroatoms. The fraction of sp³-hybridized carbons (Fsp3) is 0.778. The molecule has 0 unspecified atom stereocenters. The third-order valence-electron chi connectivity index (χ3n) is 1.62. The number of allylic oxidation sites excluding steroid dienone is 1. The smallest absolute Gasteiger partial charge is 0.306 e. The Bertz CT molecular complexity index is 201. The van der Waals surface area contributed by atoms with E-state index in [1.165, 1.54) is 0 Å². The van der Waals surface area contributed by atoms with Crippen LogP contribution in [-0.4, -0.2) is 13.2 Å². The van der Waals surface area contributed by atoms with E-state index < -0.39 is 7.60 Å². The van der Waals surface area contributed by atoms with Crippen molar-refractivity contribution >= 4 is 7.60 Å². The molecule has 0 aliphatic carbocycles. The summed E-state index contributed by atoms with van der Waals surface area (Å²) in [7, 11) is -3.06. The lowest BCUT2D eigenvalue weighted by Crippen LogP contribution is -2.02. The van der Waals surface area contributed by atoms with Crippen molar-refractivity contribution < 1.29 is 13.6 Å². The van der Waals surface area contributed by atoms with Crippen molar-refractivity contribution in [3.05, 3.63) is 11.9 Å². The SMILES string of the molecule is C=C(C(C)C)P(=O)(OCC)OCC. The average molecular weight is 206 g/mol. The molecule has 0 saturated heterocycles. The molecule has 0 aromatic heterocycles. The van der Waals surface area contributed by atoms with Crippen LogP contribution in [0.1, 0.15) is 27.7 Å². The van der Waals surface area contributed by atoms with Gasteiger partial charge in [-0.05, 0) is 19.8 Å². The van der Waals surface area contributed by atoms with Crippen LogP contribution in [0.5, 0.6) is 0 Å². The summed E-state index contributed by atoms with van der Waals surface area (Å²) in [4.78, 5) is 0. The third-order valence-corrected chi connectivity index (χ3v) is 4.03. The van der Waals surface area contributed by atoms with Crippen molar-refractivity contribution in [2.75, 3.05) is 13.2 Å². The van der Waals surface area contributed by atoms with E-state index in [-0.39, 0.29) is 5.92 Å². The maximum absolute atomic E-state index is 12.0. The van der Waals surface area contributed by atoms with Gasteiger partial charge in [-0.25, -0.2) is 0 Å². The van der Waals surface area contributed by atoms with Crippen LogP contribution >= 0.6 is 7.60 Å². The molecule has 0 spiro atoms. The van der Waals surface area contributed by atoms with Gasteiger partial charge in [-0.3, -0.25) is 4.57 Å². The van der Waals surface area contributed by atoms with E-state index in [9.17, 15) is 4.57 Å². The number of hydrogen-bond acceptors (Lipinski definition) is 3. The van der Waals surface area contributed by atoms with E-state index in [1.54, 1.807) is 13.8 Å². The molecule has 0 radical (unpaired) electrons. The van der Waals surface area contributed by atoms with Crippen molar-refractivity contribution in [2.24, 2.45) is 5.92 Å². The predicted molar refractivity (Wildman–Crippen MR) is 54.8 cm³/mol. The minimum absolute atomic E-state index is 0.115. The zero-order valence-corrected chi connectivity index (χ0v) is 9.77.